The van der Waals surface area contributed by atoms with Crippen molar-refractivity contribution in [3.05, 3.63) is 34.4 Å². The summed E-state index contributed by atoms with van der Waals surface area (Å²) in [5, 5.41) is 2.64. The molecule has 0 unspecified atom stereocenters. The lowest BCUT2D eigenvalue weighted by atomic mass is 10.1. The third kappa shape index (κ3) is 4.38. The number of ketones is 1. The summed E-state index contributed by atoms with van der Waals surface area (Å²) in [6.07, 6.45) is 3.09. The number of rotatable bonds is 5. The van der Waals surface area contributed by atoms with Crippen LogP contribution < -0.4 is 10.1 Å². The van der Waals surface area contributed by atoms with Gasteiger partial charge in [0, 0.05) is 44.9 Å². The lowest BCUT2D eigenvalue weighted by Gasteiger charge is -2.12. The smallest absolute Gasteiger partial charge is 0.221 e. The van der Waals surface area contributed by atoms with Gasteiger partial charge in [0.2, 0.25) is 5.91 Å². The van der Waals surface area contributed by atoms with E-state index in [1.165, 1.54) is 20.1 Å². The second-order valence-electron chi connectivity index (χ2n) is 4.36. The second-order valence-corrected chi connectivity index (χ2v) is 5.21. The highest BCUT2D eigenvalue weighted by atomic mass is 79.9. The van der Waals surface area contributed by atoms with Crippen LogP contribution in [0.4, 0.5) is 5.69 Å². The highest BCUT2D eigenvalue weighted by Gasteiger charge is 2.14. The summed E-state index contributed by atoms with van der Waals surface area (Å²) in [5.41, 5.74) is 0.817. The first-order chi connectivity index (χ1) is 9.35. The fraction of sp³-hybridized carbons (Fsp3) is 0.286. The number of amides is 1. The molecule has 6 heteroatoms. The minimum absolute atomic E-state index is 0.203. The van der Waals surface area contributed by atoms with Crippen molar-refractivity contribution in [2.24, 2.45) is 0 Å². The first-order valence-electron chi connectivity index (χ1n) is 5.89. The van der Waals surface area contributed by atoms with E-state index in [0.29, 0.717) is 21.5 Å². The van der Waals surface area contributed by atoms with Gasteiger partial charge in [0.15, 0.2) is 5.78 Å². The van der Waals surface area contributed by atoms with E-state index < -0.39 is 0 Å². The molecule has 5 nitrogen and oxygen atoms in total. The maximum Gasteiger partial charge on any atom is 0.221 e. The summed E-state index contributed by atoms with van der Waals surface area (Å²) in [7, 11) is 5.16. The van der Waals surface area contributed by atoms with Gasteiger partial charge >= 0.3 is 0 Å². The molecular formula is C14H17BrN2O3. The quantitative estimate of drug-likeness (QED) is 0.661. The summed E-state index contributed by atoms with van der Waals surface area (Å²) in [5.74, 6) is 0.0905. The van der Waals surface area contributed by atoms with Crippen LogP contribution in [-0.2, 0) is 4.79 Å². The maximum atomic E-state index is 12.2. The van der Waals surface area contributed by atoms with E-state index in [0.717, 1.165) is 0 Å². The fourth-order valence-electron chi connectivity index (χ4n) is 1.51. The third-order valence-corrected chi connectivity index (χ3v) is 3.01. The first-order valence-corrected chi connectivity index (χ1v) is 6.68. The SMILES string of the molecule is COc1cc(NC(C)=O)c(C(=O)/C=C/N(C)C)cc1Br. The molecule has 0 radical (unpaired) electrons. The zero-order valence-corrected chi connectivity index (χ0v) is 13.4. The van der Waals surface area contributed by atoms with Crippen LogP contribution in [0.2, 0.25) is 0 Å². The van der Waals surface area contributed by atoms with Crippen LogP contribution in [-0.4, -0.2) is 37.8 Å². The van der Waals surface area contributed by atoms with Crippen molar-refractivity contribution in [2.75, 3.05) is 26.5 Å². The molecule has 0 aromatic heterocycles. The first kappa shape index (κ1) is 16.2. The molecule has 0 spiro atoms. The highest BCUT2D eigenvalue weighted by molar-refractivity contribution is 9.10. The van der Waals surface area contributed by atoms with Gasteiger partial charge in [0.1, 0.15) is 5.75 Å². The summed E-state index contributed by atoms with van der Waals surface area (Å²) in [6, 6.07) is 3.24. The Hall–Kier alpha value is -1.82. The van der Waals surface area contributed by atoms with Crippen LogP contribution in [0.3, 0.4) is 0 Å². The van der Waals surface area contributed by atoms with E-state index in [1.807, 2.05) is 14.1 Å². The van der Waals surface area contributed by atoms with Crippen LogP contribution >= 0.6 is 15.9 Å². The van der Waals surface area contributed by atoms with Gasteiger partial charge < -0.3 is 15.0 Å². The zero-order chi connectivity index (χ0) is 15.3. The normalized spacial score (nSPS) is 10.4. The van der Waals surface area contributed by atoms with Crippen molar-refractivity contribution >= 4 is 33.3 Å². The van der Waals surface area contributed by atoms with Gasteiger partial charge in [-0.05, 0) is 22.0 Å². The van der Waals surface area contributed by atoms with E-state index in [2.05, 4.69) is 21.2 Å². The minimum Gasteiger partial charge on any atom is -0.495 e. The molecular weight excluding hydrogens is 324 g/mol. The number of anilines is 1. The van der Waals surface area contributed by atoms with Crippen LogP contribution in [0.5, 0.6) is 5.75 Å². The van der Waals surface area contributed by atoms with Crippen molar-refractivity contribution in [2.45, 2.75) is 6.92 Å². The topological polar surface area (TPSA) is 58.6 Å². The number of ether oxygens (including phenoxy) is 1. The highest BCUT2D eigenvalue weighted by Crippen LogP contribution is 2.32. The molecule has 1 aromatic rings. The standard InChI is InChI=1S/C14H17BrN2O3/c1-9(18)16-12-8-14(20-4)11(15)7-10(12)13(19)5-6-17(2)3/h5-8H,1-4H3,(H,16,18)/b6-5+. The van der Waals surface area contributed by atoms with Gasteiger partial charge in [-0.1, -0.05) is 0 Å². The van der Waals surface area contributed by atoms with Crippen molar-refractivity contribution in [3.63, 3.8) is 0 Å². The van der Waals surface area contributed by atoms with Crippen molar-refractivity contribution < 1.29 is 14.3 Å². The number of methoxy groups -OCH3 is 1. The Morgan fingerprint density at radius 3 is 2.50 bits per heavy atom. The molecule has 0 aliphatic carbocycles. The summed E-state index contributed by atoms with van der Waals surface area (Å²) >= 11 is 3.33. The summed E-state index contributed by atoms with van der Waals surface area (Å²) in [6.45, 7) is 1.39. The number of hydrogen-bond acceptors (Lipinski definition) is 4. The molecule has 1 aromatic carbocycles. The van der Waals surface area contributed by atoms with Gasteiger partial charge in [0.05, 0.1) is 17.3 Å². The van der Waals surface area contributed by atoms with E-state index in [9.17, 15) is 9.59 Å². The molecule has 0 bridgehead atoms. The van der Waals surface area contributed by atoms with Gasteiger partial charge in [0.25, 0.3) is 0 Å². The molecule has 108 valence electrons. The van der Waals surface area contributed by atoms with Crippen LogP contribution in [0, 0.1) is 0 Å². The van der Waals surface area contributed by atoms with Crippen molar-refractivity contribution in [1.29, 1.82) is 0 Å². The third-order valence-electron chi connectivity index (χ3n) is 2.39. The number of halogens is 1. The second kappa shape index (κ2) is 7.09. The number of allylic oxidation sites excluding steroid dienone is 1. The Kier molecular flexibility index (Phi) is 5.76. The molecule has 0 fully saturated rings. The van der Waals surface area contributed by atoms with Crippen LogP contribution in [0.15, 0.2) is 28.9 Å². The molecule has 0 saturated carbocycles. The molecule has 0 atom stereocenters. The number of nitrogens with one attached hydrogen (secondary N) is 1. The maximum absolute atomic E-state index is 12.2. The lowest BCUT2D eigenvalue weighted by Crippen LogP contribution is -2.11. The number of benzene rings is 1. The number of carbonyl (C=O) groups excluding carboxylic acids is 2. The Bertz CT molecular complexity index is 554. The predicted octanol–water partition coefficient (Wildman–Crippen LogP) is 2.67. The van der Waals surface area contributed by atoms with Crippen molar-refractivity contribution in [3.8, 4) is 5.75 Å². The molecule has 0 aliphatic rings. The van der Waals surface area contributed by atoms with Gasteiger partial charge in [-0.15, -0.1) is 0 Å². The minimum atomic E-state index is -0.250. The number of carbonyl (C=O) groups is 2. The molecule has 1 N–H and O–H groups in total. The molecule has 0 heterocycles. The number of hydrogen-bond donors (Lipinski definition) is 1. The Balaban J connectivity index is 3.25. The molecule has 20 heavy (non-hydrogen) atoms. The molecule has 0 saturated heterocycles. The summed E-state index contributed by atoms with van der Waals surface area (Å²) < 4.78 is 5.81. The fourth-order valence-corrected chi connectivity index (χ4v) is 2.02. The van der Waals surface area contributed by atoms with Crippen LogP contribution in [0.25, 0.3) is 0 Å². The molecule has 1 rings (SSSR count). The number of nitrogens with zero attached hydrogens (tertiary/aromatic N) is 1. The summed E-state index contributed by atoms with van der Waals surface area (Å²) in [4.78, 5) is 25.2. The van der Waals surface area contributed by atoms with E-state index in [4.69, 9.17) is 4.74 Å². The Morgan fingerprint density at radius 1 is 1.35 bits per heavy atom. The molecule has 1 amide bonds. The van der Waals surface area contributed by atoms with Crippen molar-refractivity contribution in [1.82, 2.24) is 4.90 Å². The van der Waals surface area contributed by atoms with E-state index in [-0.39, 0.29) is 11.7 Å². The molecule has 0 aliphatic heterocycles. The Morgan fingerprint density at radius 2 is 2.00 bits per heavy atom. The van der Waals surface area contributed by atoms with Gasteiger partial charge in [-0.3, -0.25) is 9.59 Å². The Labute approximate surface area is 126 Å². The van der Waals surface area contributed by atoms with Crippen LogP contribution in [0.1, 0.15) is 17.3 Å². The largest absolute Gasteiger partial charge is 0.495 e. The average molecular weight is 341 g/mol. The van der Waals surface area contributed by atoms with E-state index in [1.54, 1.807) is 23.2 Å². The lowest BCUT2D eigenvalue weighted by molar-refractivity contribution is -0.114. The predicted molar refractivity (Wildman–Crippen MR) is 82.2 cm³/mol. The van der Waals surface area contributed by atoms with Gasteiger partial charge in [-0.25, -0.2) is 0 Å². The van der Waals surface area contributed by atoms with Gasteiger partial charge in [-0.2, -0.15) is 0 Å². The average Bonchev–Trinajstić information content (AvgIpc) is 2.36. The van der Waals surface area contributed by atoms with E-state index >= 15 is 0 Å². The zero-order valence-electron chi connectivity index (χ0n) is 11.9. The monoisotopic (exact) mass is 340 g/mol.